The van der Waals surface area contributed by atoms with Crippen LogP contribution in [-0.4, -0.2) is 42.5 Å². The molecule has 0 radical (unpaired) electrons. The molecule has 2 aromatic carbocycles. The Balaban J connectivity index is 1.43. The Labute approximate surface area is 180 Å². The monoisotopic (exact) mass is 423 g/mol. The van der Waals surface area contributed by atoms with Crippen LogP contribution in [-0.2, 0) is 4.74 Å². The van der Waals surface area contributed by atoms with Gasteiger partial charge in [-0.3, -0.25) is 0 Å². The van der Waals surface area contributed by atoms with Gasteiger partial charge in [-0.1, -0.05) is 29.8 Å². The minimum atomic E-state index is -0.346. The van der Waals surface area contributed by atoms with Crippen LogP contribution in [0.15, 0.2) is 54.6 Å². The Morgan fingerprint density at radius 3 is 2.47 bits per heavy atom. The first-order chi connectivity index (χ1) is 14.6. The smallest absolute Gasteiger partial charge is 0.323 e. The number of ether oxygens (including phenoxy) is 1. The van der Waals surface area contributed by atoms with Crippen LogP contribution in [0, 0.1) is 6.92 Å². The van der Waals surface area contributed by atoms with E-state index in [4.69, 9.17) is 16.3 Å². The molecule has 0 atom stereocenters. The maximum atomic E-state index is 12.3. The van der Waals surface area contributed by atoms with E-state index in [1.807, 2.05) is 55.5 Å². The molecule has 30 heavy (non-hydrogen) atoms. The first kappa shape index (κ1) is 20.1. The van der Waals surface area contributed by atoms with Gasteiger partial charge in [0.05, 0.1) is 18.9 Å². The largest absolute Gasteiger partial charge is 0.378 e. The van der Waals surface area contributed by atoms with E-state index in [1.54, 1.807) is 6.07 Å². The van der Waals surface area contributed by atoms with Crippen molar-refractivity contribution in [1.82, 2.24) is 10.2 Å². The van der Waals surface area contributed by atoms with Crippen LogP contribution in [0.4, 0.5) is 22.0 Å². The summed E-state index contributed by atoms with van der Waals surface area (Å²) in [5.41, 5.74) is 3.84. The summed E-state index contributed by atoms with van der Waals surface area (Å²) in [6.45, 7) is 4.94. The summed E-state index contributed by atoms with van der Waals surface area (Å²) < 4.78 is 5.37. The van der Waals surface area contributed by atoms with Gasteiger partial charge in [0.2, 0.25) is 0 Å². The number of anilines is 3. The molecular weight excluding hydrogens is 402 g/mol. The van der Waals surface area contributed by atoms with Crippen molar-refractivity contribution in [2.75, 3.05) is 41.8 Å². The zero-order valence-corrected chi connectivity index (χ0v) is 17.3. The first-order valence-corrected chi connectivity index (χ1v) is 10.1. The molecule has 2 amide bonds. The van der Waals surface area contributed by atoms with Crippen molar-refractivity contribution in [3.05, 3.63) is 65.2 Å². The lowest BCUT2D eigenvalue weighted by Crippen LogP contribution is -2.36. The summed E-state index contributed by atoms with van der Waals surface area (Å²) in [5.74, 6) is 0.840. The molecule has 1 aliphatic heterocycles. The Hall–Kier alpha value is -3.16. The van der Waals surface area contributed by atoms with E-state index in [-0.39, 0.29) is 6.03 Å². The SMILES string of the molecule is Cc1ccc(NC(=O)Nc2cccc(-c3ccc(N4CCOCC4)nn3)c2)cc1Cl. The number of carbonyl (C=O) groups excluding carboxylic acids is 1. The quantitative estimate of drug-likeness (QED) is 0.641. The van der Waals surface area contributed by atoms with Crippen LogP contribution >= 0.6 is 11.6 Å². The number of nitrogens with one attached hydrogen (secondary N) is 2. The van der Waals surface area contributed by atoms with E-state index >= 15 is 0 Å². The molecule has 4 rings (SSSR count). The number of benzene rings is 2. The van der Waals surface area contributed by atoms with Gasteiger partial charge >= 0.3 is 6.03 Å². The van der Waals surface area contributed by atoms with Gasteiger partial charge in [0.1, 0.15) is 0 Å². The molecular formula is C22H22ClN5O2. The van der Waals surface area contributed by atoms with Crippen molar-refractivity contribution < 1.29 is 9.53 Å². The van der Waals surface area contributed by atoms with E-state index in [2.05, 4.69) is 25.7 Å². The number of morpholine rings is 1. The van der Waals surface area contributed by atoms with E-state index in [9.17, 15) is 4.79 Å². The van der Waals surface area contributed by atoms with Crippen molar-refractivity contribution in [2.24, 2.45) is 0 Å². The van der Waals surface area contributed by atoms with Crippen molar-refractivity contribution in [3.63, 3.8) is 0 Å². The summed E-state index contributed by atoms with van der Waals surface area (Å²) >= 11 is 6.11. The predicted octanol–water partition coefficient (Wildman–Crippen LogP) is 4.59. The Kier molecular flexibility index (Phi) is 6.11. The van der Waals surface area contributed by atoms with Crippen molar-refractivity contribution in [3.8, 4) is 11.3 Å². The molecule has 0 bridgehead atoms. The average Bonchev–Trinajstić information content (AvgIpc) is 2.77. The number of urea groups is 1. The lowest BCUT2D eigenvalue weighted by Gasteiger charge is -2.27. The van der Waals surface area contributed by atoms with Crippen LogP contribution in [0.3, 0.4) is 0 Å². The van der Waals surface area contributed by atoms with Crippen molar-refractivity contribution in [2.45, 2.75) is 6.92 Å². The van der Waals surface area contributed by atoms with Crippen LogP contribution in [0.5, 0.6) is 0 Å². The highest BCUT2D eigenvalue weighted by Gasteiger charge is 2.13. The number of aryl methyl sites for hydroxylation is 1. The van der Waals surface area contributed by atoms with E-state index in [0.717, 1.165) is 35.7 Å². The molecule has 154 valence electrons. The zero-order chi connectivity index (χ0) is 20.9. The molecule has 0 spiro atoms. The highest BCUT2D eigenvalue weighted by atomic mass is 35.5. The number of aromatic nitrogens is 2. The normalized spacial score (nSPS) is 13.7. The van der Waals surface area contributed by atoms with Crippen molar-refractivity contribution >= 4 is 34.8 Å². The standard InChI is InChI=1S/C22H22ClN5O2/c1-15-5-6-18(14-19(15)23)25-22(29)24-17-4-2-3-16(13-17)20-7-8-21(27-26-20)28-9-11-30-12-10-28/h2-8,13-14H,9-12H2,1H3,(H2,24,25,29). The van der Waals surface area contributed by atoms with Gasteiger partial charge in [0.15, 0.2) is 5.82 Å². The van der Waals surface area contributed by atoms with Gasteiger partial charge in [-0.05, 0) is 48.9 Å². The minimum Gasteiger partial charge on any atom is -0.378 e. The van der Waals surface area contributed by atoms with E-state index in [1.165, 1.54) is 0 Å². The number of hydrogen-bond acceptors (Lipinski definition) is 5. The van der Waals surface area contributed by atoms with Crippen LogP contribution in [0.25, 0.3) is 11.3 Å². The van der Waals surface area contributed by atoms with Gasteiger partial charge in [-0.15, -0.1) is 10.2 Å². The summed E-state index contributed by atoms with van der Waals surface area (Å²) in [4.78, 5) is 14.5. The van der Waals surface area contributed by atoms with Crippen LogP contribution in [0.1, 0.15) is 5.56 Å². The average molecular weight is 424 g/mol. The second kappa shape index (κ2) is 9.11. The molecule has 2 heterocycles. The second-order valence-electron chi connectivity index (χ2n) is 7.00. The molecule has 1 saturated heterocycles. The number of amides is 2. The van der Waals surface area contributed by atoms with Crippen molar-refractivity contribution in [1.29, 1.82) is 0 Å². The number of halogens is 1. The van der Waals surface area contributed by atoms with Gasteiger partial charge in [0.25, 0.3) is 0 Å². The third kappa shape index (κ3) is 4.87. The third-order valence-corrected chi connectivity index (χ3v) is 5.24. The van der Waals surface area contributed by atoms with E-state index < -0.39 is 0 Å². The van der Waals surface area contributed by atoms with Gasteiger partial charge < -0.3 is 20.3 Å². The Morgan fingerprint density at radius 1 is 1.00 bits per heavy atom. The topological polar surface area (TPSA) is 79.4 Å². The second-order valence-corrected chi connectivity index (χ2v) is 7.41. The maximum absolute atomic E-state index is 12.3. The molecule has 1 fully saturated rings. The Morgan fingerprint density at radius 2 is 1.77 bits per heavy atom. The lowest BCUT2D eigenvalue weighted by molar-refractivity contribution is 0.122. The highest BCUT2D eigenvalue weighted by molar-refractivity contribution is 6.31. The fourth-order valence-corrected chi connectivity index (χ4v) is 3.34. The summed E-state index contributed by atoms with van der Waals surface area (Å²) in [6, 6.07) is 16.4. The number of hydrogen-bond donors (Lipinski definition) is 2. The molecule has 3 aromatic rings. The fourth-order valence-electron chi connectivity index (χ4n) is 3.16. The summed E-state index contributed by atoms with van der Waals surface area (Å²) in [5, 5.41) is 14.9. The number of rotatable bonds is 4. The minimum absolute atomic E-state index is 0.346. The number of carbonyl (C=O) groups is 1. The molecule has 7 nitrogen and oxygen atoms in total. The van der Waals surface area contributed by atoms with Gasteiger partial charge in [0, 0.05) is 35.1 Å². The van der Waals surface area contributed by atoms with Gasteiger partial charge in [-0.2, -0.15) is 0 Å². The Bertz CT molecular complexity index is 1040. The summed E-state index contributed by atoms with van der Waals surface area (Å²) in [7, 11) is 0. The van der Waals surface area contributed by atoms with Crippen LogP contribution in [0.2, 0.25) is 5.02 Å². The molecule has 0 unspecified atom stereocenters. The molecule has 1 aromatic heterocycles. The maximum Gasteiger partial charge on any atom is 0.323 e. The van der Waals surface area contributed by atoms with Gasteiger partial charge in [-0.25, -0.2) is 4.79 Å². The lowest BCUT2D eigenvalue weighted by atomic mass is 10.1. The molecule has 1 aliphatic rings. The molecule has 2 N–H and O–H groups in total. The summed E-state index contributed by atoms with van der Waals surface area (Å²) in [6.07, 6.45) is 0. The van der Waals surface area contributed by atoms with E-state index in [0.29, 0.717) is 29.6 Å². The third-order valence-electron chi connectivity index (χ3n) is 4.83. The first-order valence-electron chi connectivity index (χ1n) is 9.69. The van der Waals surface area contributed by atoms with Crippen LogP contribution < -0.4 is 15.5 Å². The molecule has 0 aliphatic carbocycles. The fraction of sp³-hybridized carbons (Fsp3) is 0.227. The molecule has 0 saturated carbocycles. The zero-order valence-electron chi connectivity index (χ0n) is 16.6. The predicted molar refractivity (Wildman–Crippen MR) is 119 cm³/mol. The highest BCUT2D eigenvalue weighted by Crippen LogP contribution is 2.23. The number of nitrogens with zero attached hydrogens (tertiary/aromatic N) is 3. The molecule has 8 heteroatoms.